The van der Waals surface area contributed by atoms with Crippen molar-refractivity contribution in [1.82, 2.24) is 4.57 Å². The highest BCUT2D eigenvalue weighted by atomic mass is 35.5. The van der Waals surface area contributed by atoms with Crippen LogP contribution in [0.3, 0.4) is 0 Å². The Kier molecular flexibility index (Phi) is 3.81. The number of hydrogen-bond donors (Lipinski definition) is 2. The smallest absolute Gasteiger partial charge is 0.272 e. The molecule has 19 heavy (non-hydrogen) atoms. The highest BCUT2D eigenvalue weighted by Gasteiger charge is 2.15. The molecule has 1 heterocycles. The van der Waals surface area contributed by atoms with E-state index in [9.17, 15) is 4.79 Å². The molecular formula is C14H16ClN3O. The van der Waals surface area contributed by atoms with Crippen molar-refractivity contribution in [3.63, 3.8) is 0 Å². The van der Waals surface area contributed by atoms with Crippen LogP contribution in [-0.2, 0) is 0 Å². The lowest BCUT2D eigenvalue weighted by Gasteiger charge is -2.12. The highest BCUT2D eigenvalue weighted by Crippen LogP contribution is 2.20. The minimum Gasteiger partial charge on any atom is -0.399 e. The molecule has 0 saturated carbocycles. The number of rotatable bonds is 3. The van der Waals surface area contributed by atoms with Crippen LogP contribution in [0.25, 0.3) is 0 Å². The first-order valence-corrected chi connectivity index (χ1v) is 6.39. The van der Waals surface area contributed by atoms with E-state index < -0.39 is 0 Å². The summed E-state index contributed by atoms with van der Waals surface area (Å²) in [5, 5.41) is 3.36. The molecule has 3 N–H and O–H groups in total. The number of benzene rings is 1. The Labute approximate surface area is 117 Å². The van der Waals surface area contributed by atoms with E-state index in [1.807, 2.05) is 18.4 Å². The van der Waals surface area contributed by atoms with E-state index in [1.165, 1.54) is 0 Å². The fraction of sp³-hybridized carbons (Fsp3) is 0.214. The maximum atomic E-state index is 12.2. The van der Waals surface area contributed by atoms with Gasteiger partial charge >= 0.3 is 0 Å². The van der Waals surface area contributed by atoms with Crippen molar-refractivity contribution in [3.8, 4) is 0 Å². The number of hydrogen-bond acceptors (Lipinski definition) is 2. The molecule has 4 nitrogen and oxygen atoms in total. The van der Waals surface area contributed by atoms with E-state index in [1.54, 1.807) is 36.5 Å². The first-order chi connectivity index (χ1) is 8.97. The third-order valence-electron chi connectivity index (χ3n) is 2.75. The zero-order valence-corrected chi connectivity index (χ0v) is 11.6. The molecule has 1 aromatic heterocycles. The number of carbonyl (C=O) groups excluding carboxylic acids is 1. The van der Waals surface area contributed by atoms with Crippen LogP contribution in [0, 0.1) is 0 Å². The molecular weight excluding hydrogens is 262 g/mol. The molecule has 0 aliphatic carbocycles. The summed E-state index contributed by atoms with van der Waals surface area (Å²) in [6.45, 7) is 3.99. The number of carbonyl (C=O) groups is 1. The Morgan fingerprint density at radius 1 is 1.37 bits per heavy atom. The third-order valence-corrected chi connectivity index (χ3v) is 2.96. The second kappa shape index (κ2) is 5.36. The summed E-state index contributed by atoms with van der Waals surface area (Å²) in [6.07, 6.45) is 1.75. The van der Waals surface area contributed by atoms with Crippen LogP contribution >= 0.6 is 11.6 Å². The zero-order chi connectivity index (χ0) is 14.0. The first-order valence-electron chi connectivity index (χ1n) is 6.01. The Hall–Kier alpha value is -1.94. The van der Waals surface area contributed by atoms with Gasteiger partial charge < -0.3 is 15.6 Å². The van der Waals surface area contributed by atoms with Crippen LogP contribution < -0.4 is 11.1 Å². The van der Waals surface area contributed by atoms with Crippen LogP contribution in [0.1, 0.15) is 30.4 Å². The lowest BCUT2D eigenvalue weighted by atomic mass is 10.2. The SMILES string of the molecule is CC(C)n1cc(Cl)cc1C(=O)Nc1cccc(N)c1. The van der Waals surface area contributed by atoms with Gasteiger partial charge in [-0.2, -0.15) is 0 Å². The quantitative estimate of drug-likeness (QED) is 0.843. The largest absolute Gasteiger partial charge is 0.399 e. The van der Waals surface area contributed by atoms with E-state index in [0.29, 0.717) is 22.1 Å². The molecule has 0 aliphatic heterocycles. The van der Waals surface area contributed by atoms with Crippen LogP contribution in [0.5, 0.6) is 0 Å². The minimum atomic E-state index is -0.203. The van der Waals surface area contributed by atoms with Crippen LogP contribution in [-0.4, -0.2) is 10.5 Å². The molecule has 0 radical (unpaired) electrons. The summed E-state index contributed by atoms with van der Waals surface area (Å²) in [6, 6.07) is 8.88. The van der Waals surface area contributed by atoms with Crippen molar-refractivity contribution in [2.75, 3.05) is 11.1 Å². The fourth-order valence-corrected chi connectivity index (χ4v) is 2.07. The number of nitrogen functional groups attached to an aromatic ring is 1. The van der Waals surface area contributed by atoms with Gasteiger partial charge in [0.2, 0.25) is 0 Å². The first kappa shape index (κ1) is 13.5. The lowest BCUT2D eigenvalue weighted by molar-refractivity contribution is 0.101. The molecule has 0 atom stereocenters. The predicted octanol–water partition coefficient (Wildman–Crippen LogP) is 3.56. The van der Waals surface area contributed by atoms with Gasteiger partial charge in [0, 0.05) is 23.6 Å². The number of anilines is 2. The summed E-state index contributed by atoms with van der Waals surface area (Å²) in [5.41, 5.74) is 7.48. The molecule has 0 fully saturated rings. The molecule has 1 amide bonds. The normalized spacial score (nSPS) is 10.7. The average molecular weight is 278 g/mol. The Balaban J connectivity index is 2.25. The van der Waals surface area contributed by atoms with E-state index in [4.69, 9.17) is 17.3 Å². The molecule has 2 aromatic rings. The molecule has 0 bridgehead atoms. The standard InChI is InChI=1S/C14H16ClN3O/c1-9(2)18-8-10(15)6-13(18)14(19)17-12-5-3-4-11(16)7-12/h3-9H,16H2,1-2H3,(H,17,19). The number of amides is 1. The monoisotopic (exact) mass is 277 g/mol. The molecule has 0 saturated heterocycles. The van der Waals surface area contributed by atoms with Crippen molar-refractivity contribution in [3.05, 3.63) is 47.2 Å². The number of nitrogens with two attached hydrogens (primary N) is 1. The van der Waals surface area contributed by atoms with E-state index in [-0.39, 0.29) is 11.9 Å². The van der Waals surface area contributed by atoms with E-state index in [2.05, 4.69) is 5.32 Å². The van der Waals surface area contributed by atoms with E-state index in [0.717, 1.165) is 0 Å². The molecule has 100 valence electrons. The lowest BCUT2D eigenvalue weighted by Crippen LogP contribution is -2.17. The van der Waals surface area contributed by atoms with Crippen molar-refractivity contribution in [2.24, 2.45) is 0 Å². The maximum absolute atomic E-state index is 12.2. The van der Waals surface area contributed by atoms with Gasteiger partial charge in [-0.3, -0.25) is 4.79 Å². The Morgan fingerprint density at radius 3 is 2.74 bits per heavy atom. The summed E-state index contributed by atoms with van der Waals surface area (Å²) < 4.78 is 1.84. The van der Waals surface area contributed by atoms with Crippen molar-refractivity contribution in [1.29, 1.82) is 0 Å². The summed E-state index contributed by atoms with van der Waals surface area (Å²) in [5.74, 6) is -0.203. The molecule has 1 aromatic carbocycles. The van der Waals surface area contributed by atoms with Crippen LogP contribution in [0.15, 0.2) is 36.5 Å². The Bertz CT molecular complexity index is 604. The van der Waals surface area contributed by atoms with Crippen molar-refractivity contribution >= 4 is 28.9 Å². The van der Waals surface area contributed by atoms with Gasteiger partial charge in [0.05, 0.1) is 5.02 Å². The van der Waals surface area contributed by atoms with Gasteiger partial charge in [0.15, 0.2) is 0 Å². The summed E-state index contributed by atoms with van der Waals surface area (Å²) >= 11 is 5.96. The predicted molar refractivity (Wildman–Crippen MR) is 78.6 cm³/mol. The van der Waals surface area contributed by atoms with Crippen LogP contribution in [0.4, 0.5) is 11.4 Å². The average Bonchev–Trinajstić information content (AvgIpc) is 2.71. The molecule has 0 spiro atoms. The van der Waals surface area contributed by atoms with Gasteiger partial charge in [-0.15, -0.1) is 0 Å². The highest BCUT2D eigenvalue weighted by molar-refractivity contribution is 6.31. The maximum Gasteiger partial charge on any atom is 0.272 e. The number of halogens is 1. The fourth-order valence-electron chi connectivity index (χ4n) is 1.87. The molecule has 2 rings (SSSR count). The van der Waals surface area contributed by atoms with Gasteiger partial charge in [-0.1, -0.05) is 17.7 Å². The summed E-state index contributed by atoms with van der Waals surface area (Å²) in [4.78, 5) is 12.2. The number of aromatic nitrogens is 1. The number of nitrogens with one attached hydrogen (secondary N) is 1. The van der Waals surface area contributed by atoms with Crippen molar-refractivity contribution < 1.29 is 4.79 Å². The molecule has 5 heteroatoms. The van der Waals surface area contributed by atoms with Gasteiger partial charge in [0.25, 0.3) is 5.91 Å². The minimum absolute atomic E-state index is 0.161. The molecule has 0 unspecified atom stereocenters. The number of nitrogens with zero attached hydrogens (tertiary/aromatic N) is 1. The second-order valence-electron chi connectivity index (χ2n) is 4.62. The topological polar surface area (TPSA) is 60.0 Å². The zero-order valence-electron chi connectivity index (χ0n) is 10.9. The van der Waals surface area contributed by atoms with Crippen LogP contribution in [0.2, 0.25) is 5.02 Å². The third kappa shape index (κ3) is 3.09. The van der Waals surface area contributed by atoms with Gasteiger partial charge in [-0.25, -0.2) is 0 Å². The summed E-state index contributed by atoms with van der Waals surface area (Å²) in [7, 11) is 0. The van der Waals surface area contributed by atoms with E-state index >= 15 is 0 Å². The molecule has 0 aliphatic rings. The second-order valence-corrected chi connectivity index (χ2v) is 5.06. The van der Waals surface area contributed by atoms with Crippen molar-refractivity contribution in [2.45, 2.75) is 19.9 Å². The van der Waals surface area contributed by atoms with Gasteiger partial charge in [-0.05, 0) is 38.1 Å². The Morgan fingerprint density at radius 2 is 2.11 bits per heavy atom. The van der Waals surface area contributed by atoms with Gasteiger partial charge in [0.1, 0.15) is 5.69 Å².